The minimum atomic E-state index is -0.266. The van der Waals surface area contributed by atoms with Gasteiger partial charge in [-0.1, -0.05) is 27.7 Å². The van der Waals surface area contributed by atoms with Gasteiger partial charge >= 0.3 is 0 Å². The highest BCUT2D eigenvalue weighted by Crippen LogP contribution is 2.10. The molecular weight excluding hydrogens is 242 g/mol. The van der Waals surface area contributed by atoms with E-state index >= 15 is 0 Å². The molecule has 0 aromatic heterocycles. The minimum Gasteiger partial charge on any atom is -0.359 e. The van der Waals surface area contributed by atoms with E-state index in [2.05, 4.69) is 27.7 Å². The van der Waals surface area contributed by atoms with Crippen molar-refractivity contribution in [3.63, 3.8) is 0 Å². The summed E-state index contributed by atoms with van der Waals surface area (Å²) in [5.74, 6) is 1.04. The second kappa shape index (κ2) is 9.66. The van der Waals surface area contributed by atoms with Crippen LogP contribution in [-0.4, -0.2) is 44.3 Å². The summed E-state index contributed by atoms with van der Waals surface area (Å²) in [7, 11) is 3.90. The van der Waals surface area contributed by atoms with Gasteiger partial charge in [-0.3, -0.25) is 4.90 Å². The molecule has 19 heavy (non-hydrogen) atoms. The predicted octanol–water partition coefficient (Wildman–Crippen LogP) is 1.57. The van der Waals surface area contributed by atoms with Crippen LogP contribution in [0.25, 0.3) is 0 Å². The average Bonchev–Trinajstić information content (AvgIpc) is 2.21. The highest BCUT2D eigenvalue weighted by Gasteiger charge is 2.18. The van der Waals surface area contributed by atoms with E-state index in [0.29, 0.717) is 18.4 Å². The summed E-state index contributed by atoms with van der Waals surface area (Å²) in [6.07, 6.45) is 1.01. The van der Waals surface area contributed by atoms with E-state index in [1.165, 1.54) is 0 Å². The van der Waals surface area contributed by atoms with E-state index in [1.54, 1.807) is 0 Å². The molecule has 0 fully saturated rings. The standard InChI is InChI=1S/C14H33N3O2/c1-10(2)7-12(15)18-9-14(17(5)6)19-13(16)8-11(3)4/h10-14H,7-9,15-16H2,1-6H3. The molecule has 0 aliphatic rings. The first-order valence-corrected chi connectivity index (χ1v) is 7.17. The summed E-state index contributed by atoms with van der Waals surface area (Å²) in [6.45, 7) is 8.95. The van der Waals surface area contributed by atoms with Crippen molar-refractivity contribution in [3.05, 3.63) is 0 Å². The van der Waals surface area contributed by atoms with Gasteiger partial charge in [0.2, 0.25) is 0 Å². The largest absolute Gasteiger partial charge is 0.359 e. The van der Waals surface area contributed by atoms with Crippen LogP contribution in [0, 0.1) is 11.8 Å². The quantitative estimate of drug-likeness (QED) is 0.592. The summed E-state index contributed by atoms with van der Waals surface area (Å²) in [5, 5.41) is 0. The molecule has 3 atom stereocenters. The van der Waals surface area contributed by atoms with Gasteiger partial charge in [0.15, 0.2) is 0 Å². The molecule has 0 spiro atoms. The zero-order chi connectivity index (χ0) is 15.0. The lowest BCUT2D eigenvalue weighted by molar-refractivity contribution is -0.133. The fraction of sp³-hybridized carbons (Fsp3) is 1.00. The van der Waals surface area contributed by atoms with Crippen LogP contribution in [0.4, 0.5) is 0 Å². The number of ether oxygens (including phenoxy) is 2. The molecule has 116 valence electrons. The van der Waals surface area contributed by atoms with Crippen LogP contribution in [-0.2, 0) is 9.47 Å². The van der Waals surface area contributed by atoms with Gasteiger partial charge in [-0.2, -0.15) is 0 Å². The third-order valence-electron chi connectivity index (χ3n) is 2.77. The third kappa shape index (κ3) is 10.3. The van der Waals surface area contributed by atoms with E-state index in [-0.39, 0.29) is 18.7 Å². The maximum absolute atomic E-state index is 5.96. The molecule has 4 N–H and O–H groups in total. The highest BCUT2D eigenvalue weighted by molar-refractivity contribution is 4.61. The molecule has 0 rings (SSSR count). The summed E-state index contributed by atoms with van der Waals surface area (Å²) in [6, 6.07) is 0. The maximum Gasteiger partial charge on any atom is 0.135 e. The molecule has 0 aromatic carbocycles. The van der Waals surface area contributed by atoms with E-state index < -0.39 is 0 Å². The molecule has 0 aliphatic heterocycles. The van der Waals surface area contributed by atoms with E-state index in [1.807, 2.05) is 19.0 Å². The number of nitrogens with zero attached hydrogens (tertiary/aromatic N) is 1. The number of likely N-dealkylation sites (N-methyl/N-ethyl adjacent to an activating group) is 1. The molecule has 0 radical (unpaired) electrons. The lowest BCUT2D eigenvalue weighted by Crippen LogP contribution is -2.43. The van der Waals surface area contributed by atoms with Gasteiger partial charge in [0.1, 0.15) is 18.7 Å². The minimum absolute atomic E-state index is 0.160. The number of hydrogen-bond acceptors (Lipinski definition) is 5. The Balaban J connectivity index is 4.12. The summed E-state index contributed by atoms with van der Waals surface area (Å²) >= 11 is 0. The molecule has 0 aliphatic carbocycles. The monoisotopic (exact) mass is 275 g/mol. The van der Waals surface area contributed by atoms with Gasteiger partial charge in [-0.05, 0) is 38.8 Å². The lowest BCUT2D eigenvalue weighted by atomic mass is 10.1. The average molecular weight is 275 g/mol. The number of hydrogen-bond donors (Lipinski definition) is 2. The second-order valence-corrected chi connectivity index (χ2v) is 6.22. The molecular formula is C14H33N3O2. The van der Waals surface area contributed by atoms with Crippen molar-refractivity contribution >= 4 is 0 Å². The van der Waals surface area contributed by atoms with Crippen molar-refractivity contribution in [2.45, 2.75) is 59.2 Å². The van der Waals surface area contributed by atoms with E-state index in [9.17, 15) is 0 Å². The van der Waals surface area contributed by atoms with E-state index in [0.717, 1.165) is 12.8 Å². The molecule has 3 unspecified atom stereocenters. The first kappa shape index (κ1) is 18.8. The lowest BCUT2D eigenvalue weighted by Gasteiger charge is -2.29. The van der Waals surface area contributed by atoms with Crippen LogP contribution >= 0.6 is 0 Å². The van der Waals surface area contributed by atoms with Crippen LogP contribution in [0.2, 0.25) is 0 Å². The molecule has 0 amide bonds. The van der Waals surface area contributed by atoms with Crippen molar-refractivity contribution in [2.75, 3.05) is 20.7 Å². The fourth-order valence-corrected chi connectivity index (χ4v) is 1.77. The molecule has 0 heterocycles. The van der Waals surface area contributed by atoms with Crippen molar-refractivity contribution < 1.29 is 9.47 Å². The van der Waals surface area contributed by atoms with Crippen molar-refractivity contribution in [2.24, 2.45) is 23.3 Å². The normalized spacial score (nSPS) is 17.2. The fourth-order valence-electron chi connectivity index (χ4n) is 1.77. The Bertz CT molecular complexity index is 223. The van der Waals surface area contributed by atoms with Gasteiger partial charge in [-0.25, -0.2) is 0 Å². The van der Waals surface area contributed by atoms with Gasteiger partial charge in [0.25, 0.3) is 0 Å². The predicted molar refractivity (Wildman–Crippen MR) is 79.4 cm³/mol. The SMILES string of the molecule is CC(C)CC(N)OCC(OC(N)CC(C)C)N(C)C. The first-order chi connectivity index (χ1) is 8.72. The molecule has 0 aromatic rings. The van der Waals surface area contributed by atoms with Crippen molar-refractivity contribution in [3.8, 4) is 0 Å². The zero-order valence-corrected chi connectivity index (χ0v) is 13.4. The van der Waals surface area contributed by atoms with E-state index in [4.69, 9.17) is 20.9 Å². The molecule has 0 bridgehead atoms. The summed E-state index contributed by atoms with van der Waals surface area (Å²) in [5.41, 5.74) is 11.9. The Labute approximate surface area is 118 Å². The van der Waals surface area contributed by atoms with Crippen LogP contribution in [0.1, 0.15) is 40.5 Å². The molecule has 5 nitrogen and oxygen atoms in total. The Morgan fingerprint density at radius 2 is 1.37 bits per heavy atom. The first-order valence-electron chi connectivity index (χ1n) is 7.17. The molecule has 0 saturated carbocycles. The Hall–Kier alpha value is -0.200. The number of rotatable bonds is 10. The van der Waals surface area contributed by atoms with Crippen LogP contribution in [0.3, 0.4) is 0 Å². The number of nitrogens with two attached hydrogens (primary N) is 2. The molecule has 0 saturated heterocycles. The van der Waals surface area contributed by atoms with Gasteiger partial charge < -0.3 is 20.9 Å². The topological polar surface area (TPSA) is 73.7 Å². The second-order valence-electron chi connectivity index (χ2n) is 6.22. The Morgan fingerprint density at radius 3 is 1.79 bits per heavy atom. The highest BCUT2D eigenvalue weighted by atomic mass is 16.6. The van der Waals surface area contributed by atoms with Gasteiger partial charge in [0.05, 0.1) is 6.61 Å². The van der Waals surface area contributed by atoms with Crippen molar-refractivity contribution in [1.29, 1.82) is 0 Å². The third-order valence-corrected chi connectivity index (χ3v) is 2.77. The van der Waals surface area contributed by atoms with Crippen LogP contribution in [0.5, 0.6) is 0 Å². The maximum atomic E-state index is 5.96. The van der Waals surface area contributed by atoms with Crippen LogP contribution < -0.4 is 11.5 Å². The molecule has 5 heteroatoms. The Kier molecular flexibility index (Phi) is 9.56. The van der Waals surface area contributed by atoms with Gasteiger partial charge in [0, 0.05) is 0 Å². The summed E-state index contributed by atoms with van der Waals surface area (Å²) in [4.78, 5) is 1.96. The van der Waals surface area contributed by atoms with Crippen LogP contribution in [0.15, 0.2) is 0 Å². The summed E-state index contributed by atoms with van der Waals surface area (Å²) < 4.78 is 11.4. The van der Waals surface area contributed by atoms with Crippen molar-refractivity contribution in [1.82, 2.24) is 4.90 Å². The smallest absolute Gasteiger partial charge is 0.135 e. The Morgan fingerprint density at radius 1 is 0.895 bits per heavy atom. The zero-order valence-electron chi connectivity index (χ0n) is 13.4. The van der Waals surface area contributed by atoms with Gasteiger partial charge in [-0.15, -0.1) is 0 Å².